The highest BCUT2D eigenvalue weighted by molar-refractivity contribution is 6.21. The van der Waals surface area contributed by atoms with Gasteiger partial charge in [0.15, 0.2) is 6.10 Å². The minimum absolute atomic E-state index is 0.0366. The van der Waals surface area contributed by atoms with Crippen LogP contribution >= 0.6 is 0 Å². The number of fused-ring (bicyclic) bond motifs is 2. The Kier molecular flexibility index (Phi) is 8.18. The molecule has 2 N–H and O–H groups in total. The monoisotopic (exact) mass is 806 g/mol. The van der Waals surface area contributed by atoms with Gasteiger partial charge in [-0.2, -0.15) is 0 Å². The second-order valence-corrected chi connectivity index (χ2v) is 18.2. The Morgan fingerprint density at radius 1 is 0.915 bits per heavy atom. The van der Waals surface area contributed by atoms with Gasteiger partial charge in [0.2, 0.25) is 5.60 Å². The predicted octanol–water partition coefficient (Wildman–Crippen LogP) is 3.64. The molecule has 2 saturated heterocycles. The Morgan fingerprint density at radius 2 is 1.66 bits per heavy atom. The highest BCUT2D eigenvalue weighted by Gasteiger charge is 2.81. The van der Waals surface area contributed by atoms with E-state index in [1.165, 1.54) is 21.1 Å². The average molecular weight is 807 g/mol. The fraction of sp³-hybridized carbons (Fsp3) is 0.565. The number of likely N-dealkylation sites (N-methyl/N-ethyl adjacent to an activating group) is 1. The number of nitrogens with zero attached hydrogens (tertiary/aromatic N) is 4. The largest absolute Gasteiger partial charge is 0.496 e. The molecule has 4 fully saturated rings. The number of rotatable bonds is 7. The van der Waals surface area contributed by atoms with Gasteiger partial charge in [-0.1, -0.05) is 55.8 Å². The molecule has 10 rings (SSSR count). The third-order valence-electron chi connectivity index (χ3n) is 16.1. The Hall–Kier alpha value is -4.56. The van der Waals surface area contributed by atoms with Crippen LogP contribution in [-0.2, 0) is 44.8 Å². The van der Waals surface area contributed by atoms with Gasteiger partial charge in [0.1, 0.15) is 16.8 Å². The summed E-state index contributed by atoms with van der Waals surface area (Å²) in [6.45, 7) is 8.11. The van der Waals surface area contributed by atoms with Crippen molar-refractivity contribution in [2.24, 2.45) is 10.4 Å². The second kappa shape index (κ2) is 12.5. The number of anilines is 1. The molecule has 6 heterocycles. The normalized spacial score (nSPS) is 39.5. The van der Waals surface area contributed by atoms with E-state index in [0.29, 0.717) is 61.6 Å². The zero-order valence-corrected chi connectivity index (χ0v) is 34.9. The third-order valence-corrected chi connectivity index (χ3v) is 16.1. The first-order chi connectivity index (χ1) is 28.2. The number of hydrogen-bond acceptors (Lipinski definition) is 13. The quantitative estimate of drug-likeness (QED) is 0.239. The fourth-order valence-electron chi connectivity index (χ4n) is 14.5. The third kappa shape index (κ3) is 4.30. The molecule has 13 heteroatoms. The summed E-state index contributed by atoms with van der Waals surface area (Å²) in [4.78, 5) is 54.8. The van der Waals surface area contributed by atoms with E-state index in [9.17, 15) is 19.8 Å². The average Bonchev–Trinajstić information content (AvgIpc) is 3.99. The van der Waals surface area contributed by atoms with Crippen LogP contribution in [0.15, 0.2) is 65.2 Å². The van der Waals surface area contributed by atoms with Crippen LogP contribution in [0.2, 0.25) is 0 Å². The van der Waals surface area contributed by atoms with Gasteiger partial charge >= 0.3 is 17.9 Å². The SMILES string of the molecule is CCC1=CC2(O)CC(C(=O)OC)(c3cc4c(cc3OC)N(C)C3C(O)(C(=O)OC)C(OC(C)=O)C5(CC)C=CCN6CCC43C65)C3=Nc4ccccc4C34CCN(C1)C24. The zero-order valence-electron chi connectivity index (χ0n) is 34.9. The molecule has 2 spiro atoms. The van der Waals surface area contributed by atoms with Crippen LogP contribution in [0.5, 0.6) is 5.75 Å². The number of para-hydroxylation sites is 1. The second-order valence-electron chi connectivity index (χ2n) is 18.2. The summed E-state index contributed by atoms with van der Waals surface area (Å²) in [6, 6.07) is 10.3. The van der Waals surface area contributed by atoms with Crippen molar-refractivity contribution in [3.8, 4) is 5.75 Å². The molecule has 2 aromatic carbocycles. The number of carbonyl (C=O) groups is 3. The van der Waals surface area contributed by atoms with Crippen LogP contribution in [0.3, 0.4) is 0 Å². The maximum absolute atomic E-state index is 15.3. The van der Waals surface area contributed by atoms with Gasteiger partial charge in [-0.3, -0.25) is 24.4 Å². The van der Waals surface area contributed by atoms with Crippen LogP contribution < -0.4 is 9.64 Å². The summed E-state index contributed by atoms with van der Waals surface area (Å²) in [6.07, 6.45) is 7.16. The summed E-state index contributed by atoms with van der Waals surface area (Å²) in [7, 11) is 6.05. The molecular formula is C46H54N4O9. The van der Waals surface area contributed by atoms with Gasteiger partial charge in [-0.15, -0.1) is 0 Å². The van der Waals surface area contributed by atoms with E-state index in [-0.39, 0.29) is 18.5 Å². The molecular weight excluding hydrogens is 753 g/mol. The molecule has 0 radical (unpaired) electrons. The predicted molar refractivity (Wildman–Crippen MR) is 218 cm³/mol. The first-order valence-corrected chi connectivity index (χ1v) is 21.0. The highest BCUT2D eigenvalue weighted by atomic mass is 16.6. The first-order valence-electron chi connectivity index (χ1n) is 21.0. The maximum Gasteiger partial charge on any atom is 0.344 e. The van der Waals surface area contributed by atoms with Crippen molar-refractivity contribution in [2.45, 2.75) is 105 Å². The molecule has 0 amide bonds. The molecule has 2 aromatic rings. The Bertz CT molecular complexity index is 2310. The summed E-state index contributed by atoms with van der Waals surface area (Å²) >= 11 is 0. The van der Waals surface area contributed by atoms with Crippen molar-refractivity contribution in [3.63, 3.8) is 0 Å². The van der Waals surface area contributed by atoms with Crippen LogP contribution in [-0.4, -0.2) is 134 Å². The first kappa shape index (κ1) is 38.6. The Labute approximate surface area is 344 Å². The smallest absolute Gasteiger partial charge is 0.344 e. The number of aliphatic imine (C=N–C) groups is 1. The lowest BCUT2D eigenvalue weighted by Crippen LogP contribution is -2.81. The number of aliphatic hydroxyl groups is 2. The minimum atomic E-state index is -2.32. The number of carbonyl (C=O) groups excluding carboxylic acids is 3. The standard InChI is InChI=1S/C46H54N4O9/c1-8-27-23-42(54)25-45(39(52)57-6,34-43(16-20-50(24-27)36(42)43)28-13-10-11-14-31(28)47-34)30-21-29-32(22-33(30)56-5)48(4)37-44(29)17-19-49-18-12-15-41(9-2,35(44)49)38(59-26(3)51)46(37,55)40(53)58-7/h10-15,21-23,35-38,54-55H,8-9,16-20,24-25H2,1-7H3. The highest BCUT2D eigenvalue weighted by Crippen LogP contribution is 2.69. The van der Waals surface area contributed by atoms with E-state index in [0.717, 1.165) is 35.4 Å². The summed E-state index contributed by atoms with van der Waals surface area (Å²) in [5.41, 5.74) is -2.64. The summed E-state index contributed by atoms with van der Waals surface area (Å²) in [5, 5.41) is 26.7. The van der Waals surface area contributed by atoms with E-state index < -0.39 is 62.9 Å². The number of esters is 3. The van der Waals surface area contributed by atoms with E-state index in [4.69, 9.17) is 23.9 Å². The number of methoxy groups -OCH3 is 3. The summed E-state index contributed by atoms with van der Waals surface area (Å²) in [5.74, 6) is -1.67. The van der Waals surface area contributed by atoms with Crippen LogP contribution in [0.25, 0.3) is 0 Å². The van der Waals surface area contributed by atoms with Gasteiger partial charge in [-0.05, 0) is 55.5 Å². The lowest BCUT2D eigenvalue weighted by atomic mass is 9.47. The minimum Gasteiger partial charge on any atom is -0.496 e. The zero-order chi connectivity index (χ0) is 41.7. The van der Waals surface area contributed by atoms with Crippen molar-refractivity contribution >= 4 is 35.0 Å². The topological polar surface area (TPSA) is 151 Å². The molecule has 2 saturated carbocycles. The van der Waals surface area contributed by atoms with Crippen molar-refractivity contribution in [1.29, 1.82) is 0 Å². The molecule has 13 nitrogen and oxygen atoms in total. The Morgan fingerprint density at radius 3 is 2.36 bits per heavy atom. The van der Waals surface area contributed by atoms with Crippen LogP contribution in [0.4, 0.5) is 11.4 Å². The van der Waals surface area contributed by atoms with Crippen molar-refractivity contribution in [1.82, 2.24) is 9.80 Å². The van der Waals surface area contributed by atoms with E-state index >= 15 is 4.79 Å². The van der Waals surface area contributed by atoms with Crippen LogP contribution in [0.1, 0.15) is 69.6 Å². The van der Waals surface area contributed by atoms with Gasteiger partial charge in [0.25, 0.3) is 0 Å². The molecule has 6 aliphatic heterocycles. The van der Waals surface area contributed by atoms with Gasteiger partial charge in [-0.25, -0.2) is 4.79 Å². The van der Waals surface area contributed by atoms with Crippen molar-refractivity contribution in [3.05, 3.63) is 76.9 Å². The molecule has 59 heavy (non-hydrogen) atoms. The van der Waals surface area contributed by atoms with Gasteiger partial charge in [0, 0.05) is 74.2 Å². The molecule has 10 unspecified atom stereocenters. The number of benzene rings is 2. The van der Waals surface area contributed by atoms with Crippen LogP contribution in [0, 0.1) is 5.41 Å². The van der Waals surface area contributed by atoms with Gasteiger partial charge < -0.3 is 34.1 Å². The molecule has 0 bridgehead atoms. The molecule has 8 aliphatic rings. The number of hydrogen-bond donors (Lipinski definition) is 2. The Balaban J connectivity index is 1.29. The van der Waals surface area contributed by atoms with E-state index in [1.54, 1.807) is 7.11 Å². The van der Waals surface area contributed by atoms with E-state index in [1.807, 2.05) is 67.4 Å². The lowest BCUT2D eigenvalue weighted by molar-refractivity contribution is -0.228. The number of ether oxygens (including phenoxy) is 4. The fourth-order valence-corrected chi connectivity index (χ4v) is 14.5. The van der Waals surface area contributed by atoms with Crippen molar-refractivity contribution in [2.75, 3.05) is 59.5 Å². The molecule has 312 valence electrons. The summed E-state index contributed by atoms with van der Waals surface area (Å²) < 4.78 is 23.8. The molecule has 0 aromatic heterocycles. The van der Waals surface area contributed by atoms with E-state index in [2.05, 4.69) is 22.8 Å². The molecule has 2 aliphatic carbocycles. The van der Waals surface area contributed by atoms with Crippen molar-refractivity contribution < 1.29 is 43.5 Å². The maximum atomic E-state index is 15.3. The molecule has 10 atom stereocenters. The lowest BCUT2D eigenvalue weighted by Gasteiger charge is -2.63. The van der Waals surface area contributed by atoms with Gasteiger partial charge in [0.05, 0.1) is 50.2 Å².